The molecule has 0 saturated carbocycles. The van der Waals surface area contributed by atoms with E-state index >= 15 is 0 Å². The zero-order valence-corrected chi connectivity index (χ0v) is 10.9. The van der Waals surface area contributed by atoms with E-state index in [1.807, 2.05) is 0 Å². The molecule has 18 heavy (non-hydrogen) atoms. The highest BCUT2D eigenvalue weighted by Gasteiger charge is 2.03. The molecule has 0 rings (SSSR count). The molecule has 0 aliphatic heterocycles. The normalized spacial score (nSPS) is 10.1. The minimum Gasteiger partial charge on any atom is -0.314 e. The fraction of sp³-hybridized carbons (Fsp3) is 0.833. The van der Waals surface area contributed by atoms with E-state index in [9.17, 15) is 19.7 Å². The zero-order chi connectivity index (χ0) is 13.8. The summed E-state index contributed by atoms with van der Waals surface area (Å²) in [4.78, 5) is 36.0. The molecule has 0 saturated heterocycles. The molecule has 0 unspecified atom stereocenters. The van der Waals surface area contributed by atoms with Gasteiger partial charge in [0.25, 0.3) is 5.09 Å². The lowest BCUT2D eigenvalue weighted by Gasteiger charge is -2.01. The third-order valence-corrected chi connectivity index (χ3v) is 2.53. The van der Waals surface area contributed by atoms with E-state index in [4.69, 9.17) is 0 Å². The molecule has 0 fully saturated rings. The van der Waals surface area contributed by atoms with Crippen LogP contribution < -0.4 is 0 Å². The van der Waals surface area contributed by atoms with Crippen molar-refractivity contribution < 1.29 is 19.5 Å². The molecule has 0 aromatic heterocycles. The molecule has 0 aromatic rings. The van der Waals surface area contributed by atoms with Crippen LogP contribution in [0, 0.1) is 10.1 Å². The minimum absolute atomic E-state index is 0.0165. The number of carbonyl (C=O) groups excluding carboxylic acids is 2. The maximum absolute atomic E-state index is 11.3. The molecule has 0 N–H and O–H groups in total. The molecule has 0 spiro atoms. The molecular weight excluding hydrogens is 238 g/mol. The first-order valence-corrected chi connectivity index (χ1v) is 6.31. The lowest BCUT2D eigenvalue weighted by Crippen LogP contribution is -2.05. The van der Waals surface area contributed by atoms with E-state index in [0.717, 1.165) is 25.7 Å². The number of rotatable bonds is 12. The molecule has 0 aliphatic carbocycles. The van der Waals surface area contributed by atoms with Crippen LogP contribution in [0.25, 0.3) is 0 Å². The number of hydrogen-bond donors (Lipinski definition) is 0. The molecule has 0 radical (unpaired) electrons. The molecule has 104 valence electrons. The maximum Gasteiger partial charge on any atom is 0.294 e. The fourth-order valence-electron chi connectivity index (χ4n) is 1.58. The third-order valence-electron chi connectivity index (χ3n) is 2.53. The maximum atomic E-state index is 11.3. The Balaban J connectivity index is 3.26. The van der Waals surface area contributed by atoms with Crippen LogP contribution in [0.15, 0.2) is 0 Å². The number of ketones is 2. The van der Waals surface area contributed by atoms with Gasteiger partial charge in [0.2, 0.25) is 0 Å². The summed E-state index contributed by atoms with van der Waals surface area (Å²) in [5, 5.41) is 8.99. The Morgan fingerprint density at radius 3 is 2.11 bits per heavy atom. The topological polar surface area (TPSA) is 86.5 Å². The molecule has 0 aromatic carbocycles. The second-order valence-electron chi connectivity index (χ2n) is 4.32. The molecule has 6 heteroatoms. The smallest absolute Gasteiger partial charge is 0.294 e. The van der Waals surface area contributed by atoms with Crippen LogP contribution in [-0.4, -0.2) is 23.3 Å². The van der Waals surface area contributed by atoms with Crippen LogP contribution >= 0.6 is 0 Å². The van der Waals surface area contributed by atoms with Crippen molar-refractivity contribution in [1.29, 1.82) is 0 Å². The average Bonchev–Trinajstić information content (AvgIpc) is 2.28. The SMILES string of the molecule is CC(=O)CCCCCCC(=O)CCCO[N+](=O)[O-]. The lowest BCUT2D eigenvalue weighted by molar-refractivity contribution is -0.757. The number of unbranched alkanes of at least 4 members (excludes halogenated alkanes) is 3. The van der Waals surface area contributed by atoms with E-state index in [-0.39, 0.29) is 18.2 Å². The predicted molar refractivity (Wildman–Crippen MR) is 65.6 cm³/mol. The highest BCUT2D eigenvalue weighted by molar-refractivity contribution is 5.78. The summed E-state index contributed by atoms with van der Waals surface area (Å²) in [6, 6.07) is 0. The molecule has 0 atom stereocenters. The van der Waals surface area contributed by atoms with Gasteiger partial charge < -0.3 is 9.63 Å². The summed E-state index contributed by atoms with van der Waals surface area (Å²) in [5.41, 5.74) is 0. The van der Waals surface area contributed by atoms with Crippen molar-refractivity contribution in [3.63, 3.8) is 0 Å². The van der Waals surface area contributed by atoms with Gasteiger partial charge in [-0.15, -0.1) is 10.1 Å². The van der Waals surface area contributed by atoms with Crippen molar-refractivity contribution in [3.8, 4) is 0 Å². The number of hydrogen-bond acceptors (Lipinski definition) is 5. The van der Waals surface area contributed by atoms with Gasteiger partial charge >= 0.3 is 0 Å². The first kappa shape index (κ1) is 16.5. The van der Waals surface area contributed by atoms with Gasteiger partial charge in [0.05, 0.1) is 6.61 Å². The van der Waals surface area contributed by atoms with Crippen LogP contribution in [0.4, 0.5) is 0 Å². The Morgan fingerprint density at radius 1 is 1.00 bits per heavy atom. The van der Waals surface area contributed by atoms with Crippen LogP contribution in [0.1, 0.15) is 58.3 Å². The average molecular weight is 259 g/mol. The Bertz CT molecular complexity index is 278. The Morgan fingerprint density at radius 2 is 1.56 bits per heavy atom. The number of nitrogens with zero attached hydrogens (tertiary/aromatic N) is 1. The Hall–Kier alpha value is -1.46. The molecule has 6 nitrogen and oxygen atoms in total. The quantitative estimate of drug-likeness (QED) is 0.305. The van der Waals surface area contributed by atoms with E-state index in [1.54, 1.807) is 6.92 Å². The predicted octanol–water partition coefficient (Wildman–Crippen LogP) is 2.47. The van der Waals surface area contributed by atoms with Crippen molar-refractivity contribution in [1.82, 2.24) is 0 Å². The summed E-state index contributed by atoms with van der Waals surface area (Å²) in [5.74, 6) is 0.324. The molecule has 0 amide bonds. The summed E-state index contributed by atoms with van der Waals surface area (Å²) < 4.78 is 0. The van der Waals surface area contributed by atoms with Gasteiger partial charge in [0, 0.05) is 19.3 Å². The van der Waals surface area contributed by atoms with E-state index in [0.29, 0.717) is 25.7 Å². The first-order valence-electron chi connectivity index (χ1n) is 6.31. The van der Waals surface area contributed by atoms with Crippen LogP contribution in [0.2, 0.25) is 0 Å². The summed E-state index contributed by atoms with van der Waals surface area (Å²) >= 11 is 0. The summed E-state index contributed by atoms with van der Waals surface area (Å²) in [7, 11) is 0. The minimum atomic E-state index is -0.848. The molecule has 0 heterocycles. The third kappa shape index (κ3) is 12.6. The van der Waals surface area contributed by atoms with E-state index in [1.165, 1.54) is 0 Å². The standard InChI is InChI=1S/C12H21NO5/c1-11(14)7-4-2-3-5-8-12(15)9-6-10-18-13(16)17/h2-10H2,1H3. The van der Waals surface area contributed by atoms with Crippen molar-refractivity contribution in [2.24, 2.45) is 0 Å². The highest BCUT2D eigenvalue weighted by atomic mass is 16.9. The second kappa shape index (κ2) is 10.7. The molecule has 0 bridgehead atoms. The summed E-state index contributed by atoms with van der Waals surface area (Å²) in [6.07, 6.45) is 5.49. The van der Waals surface area contributed by atoms with Crippen molar-refractivity contribution in [2.45, 2.75) is 58.3 Å². The first-order chi connectivity index (χ1) is 8.52. The van der Waals surface area contributed by atoms with E-state index in [2.05, 4.69) is 4.84 Å². The summed E-state index contributed by atoms with van der Waals surface area (Å²) in [6.45, 7) is 1.56. The van der Waals surface area contributed by atoms with Crippen LogP contribution in [0.3, 0.4) is 0 Å². The van der Waals surface area contributed by atoms with Gasteiger partial charge in [0.15, 0.2) is 0 Å². The van der Waals surface area contributed by atoms with Gasteiger partial charge in [-0.3, -0.25) is 4.79 Å². The van der Waals surface area contributed by atoms with Crippen molar-refractivity contribution in [3.05, 3.63) is 10.1 Å². The van der Waals surface area contributed by atoms with E-state index < -0.39 is 5.09 Å². The number of carbonyl (C=O) groups is 2. The van der Waals surface area contributed by atoms with Crippen LogP contribution in [0.5, 0.6) is 0 Å². The number of Topliss-reactive ketones (excluding diaryl/α,β-unsaturated/α-hetero) is 2. The van der Waals surface area contributed by atoms with Crippen molar-refractivity contribution in [2.75, 3.05) is 6.61 Å². The highest BCUT2D eigenvalue weighted by Crippen LogP contribution is 2.07. The molecule has 0 aliphatic rings. The zero-order valence-electron chi connectivity index (χ0n) is 10.9. The van der Waals surface area contributed by atoms with Crippen LogP contribution in [-0.2, 0) is 14.4 Å². The second-order valence-corrected chi connectivity index (χ2v) is 4.32. The van der Waals surface area contributed by atoms with Crippen molar-refractivity contribution >= 4 is 11.6 Å². The Labute approximate surface area is 107 Å². The van der Waals surface area contributed by atoms with Gasteiger partial charge in [-0.1, -0.05) is 12.8 Å². The monoisotopic (exact) mass is 259 g/mol. The largest absolute Gasteiger partial charge is 0.314 e. The molecular formula is C12H21NO5. The lowest BCUT2D eigenvalue weighted by atomic mass is 10.1. The van der Waals surface area contributed by atoms with Gasteiger partial charge in [0.1, 0.15) is 11.6 Å². The fourth-order valence-corrected chi connectivity index (χ4v) is 1.58. The van der Waals surface area contributed by atoms with Gasteiger partial charge in [-0.05, 0) is 26.2 Å². The Kier molecular flexibility index (Phi) is 9.81. The van der Waals surface area contributed by atoms with Gasteiger partial charge in [-0.25, -0.2) is 0 Å². The van der Waals surface area contributed by atoms with Gasteiger partial charge in [-0.2, -0.15) is 0 Å².